The van der Waals surface area contributed by atoms with Gasteiger partial charge in [-0.15, -0.1) is 0 Å². The van der Waals surface area contributed by atoms with Gasteiger partial charge in [0.1, 0.15) is 0 Å². The molecule has 2 heteroatoms. The van der Waals surface area contributed by atoms with Crippen molar-refractivity contribution >= 4 is 0 Å². The fourth-order valence-corrected chi connectivity index (χ4v) is 3.63. The van der Waals surface area contributed by atoms with Crippen molar-refractivity contribution in [2.24, 2.45) is 5.41 Å². The number of rotatable bonds is 8. The van der Waals surface area contributed by atoms with Crippen LogP contribution in [0.1, 0.15) is 65.4 Å². The first-order chi connectivity index (χ1) is 10.9. The van der Waals surface area contributed by atoms with Gasteiger partial charge in [0.05, 0.1) is 18.1 Å². The predicted octanol–water partition coefficient (Wildman–Crippen LogP) is 4.60. The van der Waals surface area contributed by atoms with Gasteiger partial charge in [-0.05, 0) is 29.4 Å². The number of hydrogen-bond acceptors (Lipinski definition) is 2. The summed E-state index contributed by atoms with van der Waals surface area (Å²) in [5.41, 5.74) is 2.82. The lowest BCUT2D eigenvalue weighted by molar-refractivity contribution is 0.0904. The van der Waals surface area contributed by atoms with E-state index in [1.54, 1.807) is 0 Å². The van der Waals surface area contributed by atoms with Crippen molar-refractivity contribution in [1.29, 1.82) is 0 Å². The molecule has 1 aliphatic carbocycles. The highest BCUT2D eigenvalue weighted by Crippen LogP contribution is 2.59. The van der Waals surface area contributed by atoms with Gasteiger partial charge in [-0.2, -0.15) is 0 Å². The van der Waals surface area contributed by atoms with Crippen LogP contribution in [0.3, 0.4) is 0 Å². The summed E-state index contributed by atoms with van der Waals surface area (Å²) in [6, 6.07) is 10.2. The van der Waals surface area contributed by atoms with Crippen LogP contribution in [0.15, 0.2) is 41.5 Å². The summed E-state index contributed by atoms with van der Waals surface area (Å²) < 4.78 is 0. The van der Waals surface area contributed by atoms with Crippen LogP contribution in [0.5, 0.6) is 0 Å². The molecule has 0 saturated carbocycles. The third-order valence-electron chi connectivity index (χ3n) is 5.12. The molecule has 1 aliphatic rings. The fraction of sp³-hybridized carbons (Fsp3) is 0.619. The van der Waals surface area contributed by atoms with Gasteiger partial charge in [-0.3, -0.25) is 0 Å². The Morgan fingerprint density at radius 2 is 1.70 bits per heavy atom. The summed E-state index contributed by atoms with van der Waals surface area (Å²) in [6.07, 6.45) is 5.31. The molecule has 2 atom stereocenters. The van der Waals surface area contributed by atoms with Crippen molar-refractivity contribution in [3.05, 3.63) is 47.0 Å². The third kappa shape index (κ3) is 3.54. The van der Waals surface area contributed by atoms with Crippen LogP contribution < -0.4 is 0 Å². The molecule has 2 rings (SSSR count). The van der Waals surface area contributed by atoms with E-state index >= 15 is 0 Å². The number of aliphatic hydroxyl groups excluding tert-OH is 2. The minimum atomic E-state index is -0.504. The molecule has 1 aromatic rings. The average Bonchev–Trinajstić information content (AvgIpc) is 3.19. The highest BCUT2D eigenvalue weighted by atomic mass is 16.3. The summed E-state index contributed by atoms with van der Waals surface area (Å²) in [6.45, 7) is 8.45. The van der Waals surface area contributed by atoms with Gasteiger partial charge in [-0.1, -0.05) is 82.9 Å². The Kier molecular flexibility index (Phi) is 5.70. The van der Waals surface area contributed by atoms with Gasteiger partial charge in [0.2, 0.25) is 0 Å². The Hall–Kier alpha value is -1.12. The molecule has 1 aromatic carbocycles. The van der Waals surface area contributed by atoms with Crippen LogP contribution in [0.25, 0.3) is 0 Å². The van der Waals surface area contributed by atoms with Gasteiger partial charge in [0.25, 0.3) is 0 Å². The van der Waals surface area contributed by atoms with E-state index in [1.165, 1.54) is 24.8 Å². The van der Waals surface area contributed by atoms with Crippen LogP contribution in [0.2, 0.25) is 0 Å². The molecule has 0 amide bonds. The Morgan fingerprint density at radius 3 is 2.22 bits per heavy atom. The molecule has 0 saturated heterocycles. The molecule has 0 aliphatic heterocycles. The number of benzene rings is 1. The Labute approximate surface area is 141 Å². The lowest BCUT2D eigenvalue weighted by atomic mass is 9.80. The molecular weight excluding hydrogens is 284 g/mol. The third-order valence-corrected chi connectivity index (χ3v) is 5.12. The highest BCUT2D eigenvalue weighted by Gasteiger charge is 2.57. The van der Waals surface area contributed by atoms with Gasteiger partial charge in [-0.25, -0.2) is 0 Å². The Morgan fingerprint density at radius 1 is 1.04 bits per heavy atom. The summed E-state index contributed by atoms with van der Waals surface area (Å²) in [7, 11) is 0. The maximum atomic E-state index is 10.9. The van der Waals surface area contributed by atoms with E-state index in [1.807, 2.05) is 18.2 Å². The van der Waals surface area contributed by atoms with Crippen LogP contribution in [-0.4, -0.2) is 22.9 Å². The second kappa shape index (κ2) is 7.19. The normalized spacial score (nSPS) is 22.3. The molecule has 0 fully saturated rings. The van der Waals surface area contributed by atoms with Crippen LogP contribution >= 0.6 is 0 Å². The monoisotopic (exact) mass is 316 g/mol. The molecule has 2 N–H and O–H groups in total. The zero-order valence-corrected chi connectivity index (χ0v) is 15.1. The molecule has 0 aromatic heterocycles. The number of aliphatic hydroxyl groups is 2. The molecule has 0 bridgehead atoms. The minimum Gasteiger partial charge on any atom is -0.395 e. The van der Waals surface area contributed by atoms with Gasteiger partial charge >= 0.3 is 0 Å². The van der Waals surface area contributed by atoms with Crippen molar-refractivity contribution in [2.75, 3.05) is 6.61 Å². The van der Waals surface area contributed by atoms with Crippen molar-refractivity contribution < 1.29 is 10.2 Å². The van der Waals surface area contributed by atoms with Crippen molar-refractivity contribution in [1.82, 2.24) is 0 Å². The summed E-state index contributed by atoms with van der Waals surface area (Å²) in [4.78, 5) is 0. The summed E-state index contributed by atoms with van der Waals surface area (Å²) in [5, 5.41) is 21.1. The zero-order chi connectivity index (χ0) is 17.1. The Bertz CT molecular complexity index is 539. The molecule has 128 valence electrons. The molecule has 2 nitrogen and oxygen atoms in total. The number of unbranched alkanes of at least 4 members (excludes halogenated alkanes) is 3. The van der Waals surface area contributed by atoms with Crippen molar-refractivity contribution in [2.45, 2.75) is 71.3 Å². The van der Waals surface area contributed by atoms with E-state index in [9.17, 15) is 10.2 Å². The van der Waals surface area contributed by atoms with E-state index in [-0.39, 0.29) is 12.0 Å². The molecular formula is C21H32O2. The van der Waals surface area contributed by atoms with E-state index < -0.39 is 11.5 Å². The maximum absolute atomic E-state index is 10.9. The topological polar surface area (TPSA) is 40.5 Å². The quantitative estimate of drug-likeness (QED) is 0.543. The Balaban J connectivity index is 2.27. The maximum Gasteiger partial charge on any atom is 0.0814 e. The van der Waals surface area contributed by atoms with E-state index in [0.29, 0.717) is 0 Å². The fourth-order valence-electron chi connectivity index (χ4n) is 3.63. The SMILES string of the molecule is CCCCCCC1=C(C(O)C(C)(C)C)C1(CO)c1ccccc1. The second-order valence-electron chi connectivity index (χ2n) is 7.90. The summed E-state index contributed by atoms with van der Waals surface area (Å²) in [5.74, 6) is 0. The molecule has 23 heavy (non-hydrogen) atoms. The van der Waals surface area contributed by atoms with Crippen molar-refractivity contribution in [3.8, 4) is 0 Å². The predicted molar refractivity (Wildman–Crippen MR) is 96.5 cm³/mol. The lowest BCUT2D eigenvalue weighted by Crippen LogP contribution is -2.31. The minimum absolute atomic E-state index is 0.0581. The average molecular weight is 316 g/mol. The second-order valence-corrected chi connectivity index (χ2v) is 7.90. The summed E-state index contributed by atoms with van der Waals surface area (Å²) >= 11 is 0. The lowest BCUT2D eigenvalue weighted by Gasteiger charge is -2.28. The molecule has 0 spiro atoms. The first-order valence-corrected chi connectivity index (χ1v) is 8.98. The smallest absolute Gasteiger partial charge is 0.0814 e. The zero-order valence-electron chi connectivity index (χ0n) is 15.1. The van der Waals surface area contributed by atoms with E-state index in [0.717, 1.165) is 24.0 Å². The van der Waals surface area contributed by atoms with E-state index in [2.05, 4.69) is 39.8 Å². The standard InChI is InChI=1S/C21H32O2/c1-5-6-7-11-14-17-18(19(23)20(2,3)4)21(17,15-22)16-12-9-8-10-13-16/h8-10,12-13,19,22-23H,5-7,11,14-15H2,1-4H3. The van der Waals surface area contributed by atoms with Crippen LogP contribution in [-0.2, 0) is 5.41 Å². The highest BCUT2D eigenvalue weighted by molar-refractivity contribution is 5.64. The van der Waals surface area contributed by atoms with Crippen molar-refractivity contribution in [3.63, 3.8) is 0 Å². The first-order valence-electron chi connectivity index (χ1n) is 8.98. The van der Waals surface area contributed by atoms with Gasteiger partial charge in [0.15, 0.2) is 0 Å². The van der Waals surface area contributed by atoms with Gasteiger partial charge < -0.3 is 10.2 Å². The molecule has 2 unspecified atom stereocenters. The van der Waals surface area contributed by atoms with Crippen LogP contribution in [0, 0.1) is 5.41 Å². The molecule has 0 radical (unpaired) electrons. The largest absolute Gasteiger partial charge is 0.395 e. The first kappa shape index (κ1) is 18.2. The van der Waals surface area contributed by atoms with Gasteiger partial charge in [0, 0.05) is 0 Å². The van der Waals surface area contributed by atoms with E-state index in [4.69, 9.17) is 0 Å². The molecule has 0 heterocycles. The van der Waals surface area contributed by atoms with Crippen LogP contribution in [0.4, 0.5) is 0 Å². The number of hydrogen-bond donors (Lipinski definition) is 2.